The second-order valence-corrected chi connectivity index (χ2v) is 5.51. The number of benzene rings is 2. The minimum atomic E-state index is -0.615. The number of aliphatic hydroxyl groups is 1. The summed E-state index contributed by atoms with van der Waals surface area (Å²) >= 11 is 12.0. The Morgan fingerprint density at radius 1 is 1.05 bits per heavy atom. The van der Waals surface area contributed by atoms with E-state index in [1.807, 2.05) is 55.5 Å². The van der Waals surface area contributed by atoms with Gasteiger partial charge in [-0.3, -0.25) is 0 Å². The summed E-state index contributed by atoms with van der Waals surface area (Å²) < 4.78 is 0. The molecule has 4 heteroatoms. The molecule has 0 fully saturated rings. The number of aliphatic hydroxyl groups excluding tert-OH is 1. The Balaban J connectivity index is 2.32. The van der Waals surface area contributed by atoms with Crippen LogP contribution in [0.2, 0.25) is 10.0 Å². The molecule has 19 heavy (non-hydrogen) atoms. The molecule has 2 nitrogen and oxygen atoms in total. The van der Waals surface area contributed by atoms with Crippen LogP contribution in [0.4, 0.5) is 5.69 Å². The molecule has 1 unspecified atom stereocenters. The average Bonchev–Trinajstić information content (AvgIpc) is 2.38. The number of halogens is 2. The van der Waals surface area contributed by atoms with Crippen LogP contribution in [0.5, 0.6) is 0 Å². The van der Waals surface area contributed by atoms with E-state index in [1.165, 1.54) is 0 Å². The molecule has 0 spiro atoms. The first-order chi connectivity index (χ1) is 9.03. The van der Waals surface area contributed by atoms with Crippen LogP contribution >= 0.6 is 23.2 Å². The maximum atomic E-state index is 9.72. The second kappa shape index (κ2) is 5.83. The van der Waals surface area contributed by atoms with Crippen molar-refractivity contribution in [2.24, 2.45) is 0 Å². The molecule has 0 aromatic heterocycles. The highest BCUT2D eigenvalue weighted by Gasteiger charge is 2.25. The van der Waals surface area contributed by atoms with Gasteiger partial charge in [-0.1, -0.05) is 41.4 Å². The first kappa shape index (κ1) is 14.2. The summed E-state index contributed by atoms with van der Waals surface area (Å²) in [4.78, 5) is 0. The summed E-state index contributed by atoms with van der Waals surface area (Å²) in [5.41, 5.74) is 1.15. The molecular formula is C15H15Cl2NO. The van der Waals surface area contributed by atoms with Crippen LogP contribution in [0.3, 0.4) is 0 Å². The Morgan fingerprint density at radius 2 is 1.68 bits per heavy atom. The fraction of sp³-hybridized carbons (Fsp3) is 0.200. The highest BCUT2D eigenvalue weighted by molar-refractivity contribution is 6.31. The lowest BCUT2D eigenvalue weighted by Crippen LogP contribution is -2.35. The standard InChI is InChI=1S/C15H15Cl2NO/c1-15(10-19,11-4-2-5-12(16)8-11)18-14-7-3-6-13(17)9-14/h2-9,18-19H,10H2,1H3. The van der Waals surface area contributed by atoms with Crippen molar-refractivity contribution in [2.45, 2.75) is 12.5 Å². The van der Waals surface area contributed by atoms with Gasteiger partial charge < -0.3 is 10.4 Å². The zero-order chi connectivity index (χ0) is 13.9. The molecule has 0 saturated heterocycles. The molecule has 0 heterocycles. The van der Waals surface area contributed by atoms with Gasteiger partial charge in [0.15, 0.2) is 0 Å². The Morgan fingerprint density at radius 3 is 2.26 bits per heavy atom. The van der Waals surface area contributed by atoms with Crippen molar-refractivity contribution in [1.29, 1.82) is 0 Å². The van der Waals surface area contributed by atoms with Crippen LogP contribution in [0, 0.1) is 0 Å². The van der Waals surface area contributed by atoms with E-state index < -0.39 is 5.54 Å². The van der Waals surface area contributed by atoms with Crippen LogP contribution in [0.15, 0.2) is 48.5 Å². The third kappa shape index (κ3) is 3.41. The molecule has 2 aromatic carbocycles. The third-order valence-corrected chi connectivity index (χ3v) is 3.49. The van der Waals surface area contributed by atoms with Gasteiger partial charge in [-0.05, 0) is 42.8 Å². The molecule has 100 valence electrons. The minimum absolute atomic E-state index is 0.0557. The van der Waals surface area contributed by atoms with Crippen LogP contribution in [-0.2, 0) is 5.54 Å². The van der Waals surface area contributed by atoms with E-state index in [4.69, 9.17) is 23.2 Å². The summed E-state index contributed by atoms with van der Waals surface area (Å²) in [6, 6.07) is 14.8. The normalized spacial score (nSPS) is 13.9. The van der Waals surface area contributed by atoms with Crippen molar-refractivity contribution >= 4 is 28.9 Å². The summed E-state index contributed by atoms with van der Waals surface area (Å²) in [5, 5.41) is 14.3. The Bertz CT molecular complexity index is 574. The molecule has 0 saturated carbocycles. The van der Waals surface area contributed by atoms with Gasteiger partial charge in [-0.2, -0.15) is 0 Å². The Labute approximate surface area is 123 Å². The van der Waals surface area contributed by atoms with Gasteiger partial charge in [0.05, 0.1) is 12.1 Å². The first-order valence-electron chi connectivity index (χ1n) is 5.94. The molecular weight excluding hydrogens is 281 g/mol. The highest BCUT2D eigenvalue weighted by Crippen LogP contribution is 2.28. The molecule has 2 aromatic rings. The van der Waals surface area contributed by atoms with Crippen LogP contribution < -0.4 is 5.32 Å². The molecule has 0 aliphatic rings. The van der Waals surface area contributed by atoms with Gasteiger partial charge in [0.1, 0.15) is 0 Å². The fourth-order valence-corrected chi connectivity index (χ4v) is 2.30. The summed E-state index contributed by atoms with van der Waals surface area (Å²) in [6.07, 6.45) is 0. The van der Waals surface area contributed by atoms with E-state index in [1.54, 1.807) is 0 Å². The monoisotopic (exact) mass is 295 g/mol. The SMILES string of the molecule is CC(CO)(Nc1cccc(Cl)c1)c1cccc(Cl)c1. The van der Waals surface area contributed by atoms with Gasteiger partial charge in [0.25, 0.3) is 0 Å². The van der Waals surface area contributed by atoms with Gasteiger partial charge >= 0.3 is 0 Å². The van der Waals surface area contributed by atoms with Crippen molar-refractivity contribution in [1.82, 2.24) is 0 Å². The molecule has 1 atom stereocenters. The van der Waals surface area contributed by atoms with Gasteiger partial charge in [0.2, 0.25) is 0 Å². The molecule has 0 radical (unpaired) electrons. The topological polar surface area (TPSA) is 32.3 Å². The predicted molar refractivity (Wildman–Crippen MR) is 81.0 cm³/mol. The maximum absolute atomic E-state index is 9.72. The van der Waals surface area contributed by atoms with Crippen LogP contribution in [0.1, 0.15) is 12.5 Å². The van der Waals surface area contributed by atoms with Crippen molar-refractivity contribution in [3.05, 3.63) is 64.1 Å². The van der Waals surface area contributed by atoms with Crippen LogP contribution in [-0.4, -0.2) is 11.7 Å². The van der Waals surface area contributed by atoms with Crippen molar-refractivity contribution in [2.75, 3.05) is 11.9 Å². The lowest BCUT2D eigenvalue weighted by molar-refractivity contribution is 0.224. The average molecular weight is 296 g/mol. The summed E-state index contributed by atoms with van der Waals surface area (Å²) in [5.74, 6) is 0. The van der Waals surface area contributed by atoms with Crippen LogP contribution in [0.25, 0.3) is 0 Å². The smallest absolute Gasteiger partial charge is 0.0828 e. The number of nitrogens with one attached hydrogen (secondary N) is 1. The quantitative estimate of drug-likeness (QED) is 0.881. The predicted octanol–water partition coefficient (Wildman–Crippen LogP) is 4.31. The minimum Gasteiger partial charge on any atom is -0.394 e. The third-order valence-electron chi connectivity index (χ3n) is 3.02. The van der Waals surface area contributed by atoms with E-state index in [-0.39, 0.29) is 6.61 Å². The van der Waals surface area contributed by atoms with E-state index in [0.717, 1.165) is 11.3 Å². The van der Waals surface area contributed by atoms with Crippen molar-refractivity contribution < 1.29 is 5.11 Å². The number of rotatable bonds is 4. The molecule has 2 N–H and O–H groups in total. The molecule has 2 rings (SSSR count). The summed E-state index contributed by atoms with van der Waals surface area (Å²) in [6.45, 7) is 1.86. The van der Waals surface area contributed by atoms with E-state index in [0.29, 0.717) is 10.0 Å². The number of hydrogen-bond acceptors (Lipinski definition) is 2. The number of hydrogen-bond donors (Lipinski definition) is 2. The van der Waals surface area contributed by atoms with E-state index in [2.05, 4.69) is 5.32 Å². The lowest BCUT2D eigenvalue weighted by Gasteiger charge is -2.30. The van der Waals surface area contributed by atoms with E-state index in [9.17, 15) is 5.11 Å². The highest BCUT2D eigenvalue weighted by atomic mass is 35.5. The van der Waals surface area contributed by atoms with Crippen molar-refractivity contribution in [3.63, 3.8) is 0 Å². The number of anilines is 1. The fourth-order valence-electron chi connectivity index (χ4n) is 1.92. The van der Waals surface area contributed by atoms with Crippen molar-refractivity contribution in [3.8, 4) is 0 Å². The first-order valence-corrected chi connectivity index (χ1v) is 6.70. The molecule has 0 aliphatic carbocycles. The largest absolute Gasteiger partial charge is 0.394 e. The second-order valence-electron chi connectivity index (χ2n) is 4.64. The molecule has 0 bridgehead atoms. The zero-order valence-electron chi connectivity index (χ0n) is 10.5. The Kier molecular flexibility index (Phi) is 4.35. The van der Waals surface area contributed by atoms with Gasteiger partial charge in [-0.15, -0.1) is 0 Å². The van der Waals surface area contributed by atoms with Gasteiger partial charge in [0, 0.05) is 15.7 Å². The molecule has 0 amide bonds. The maximum Gasteiger partial charge on any atom is 0.0828 e. The molecule has 0 aliphatic heterocycles. The summed E-state index contributed by atoms with van der Waals surface area (Å²) in [7, 11) is 0. The lowest BCUT2D eigenvalue weighted by atomic mass is 9.92. The Hall–Kier alpha value is -1.22. The van der Waals surface area contributed by atoms with E-state index >= 15 is 0 Å². The zero-order valence-corrected chi connectivity index (χ0v) is 12.0. The van der Waals surface area contributed by atoms with Gasteiger partial charge in [-0.25, -0.2) is 0 Å².